The Balaban J connectivity index is 0. The molecule has 0 radical (unpaired) electrons. The van der Waals surface area contributed by atoms with E-state index in [2.05, 4.69) is 37.7 Å². The van der Waals surface area contributed by atoms with E-state index in [0.717, 1.165) is 11.4 Å². The van der Waals surface area contributed by atoms with Gasteiger partial charge >= 0.3 is 0 Å². The second-order valence-corrected chi connectivity index (χ2v) is 4.82. The second kappa shape index (κ2) is 15.7. The zero-order valence-corrected chi connectivity index (χ0v) is 15.7. The summed E-state index contributed by atoms with van der Waals surface area (Å²) in [5.41, 5.74) is 2.33. The van der Waals surface area contributed by atoms with Crippen LogP contribution in [0.5, 0.6) is 0 Å². The predicted molar refractivity (Wildman–Crippen MR) is 99.3 cm³/mol. The van der Waals surface area contributed by atoms with Crippen molar-refractivity contribution in [1.82, 2.24) is 9.97 Å². The predicted octanol–water partition coefficient (Wildman–Crippen LogP) is 6.46. The van der Waals surface area contributed by atoms with Crippen LogP contribution in [0.3, 0.4) is 0 Å². The Morgan fingerprint density at radius 2 is 0.909 bits per heavy atom. The van der Waals surface area contributed by atoms with Crippen LogP contribution in [0.25, 0.3) is 0 Å². The van der Waals surface area contributed by atoms with Crippen LogP contribution in [-0.4, -0.2) is 9.97 Å². The van der Waals surface area contributed by atoms with Crippen LogP contribution < -0.4 is 0 Å². The molecule has 2 nitrogen and oxygen atoms in total. The van der Waals surface area contributed by atoms with Crippen molar-refractivity contribution in [2.75, 3.05) is 0 Å². The van der Waals surface area contributed by atoms with E-state index in [1.165, 1.54) is 0 Å². The fourth-order valence-corrected chi connectivity index (χ4v) is 1.43. The highest BCUT2D eigenvalue weighted by molar-refractivity contribution is 5.07. The van der Waals surface area contributed by atoms with Crippen LogP contribution in [-0.2, 0) is 0 Å². The summed E-state index contributed by atoms with van der Waals surface area (Å²) in [7, 11) is 0. The molecule has 124 valence electrons. The molecule has 2 heteroatoms. The van der Waals surface area contributed by atoms with E-state index in [1.54, 1.807) is 0 Å². The fourth-order valence-electron chi connectivity index (χ4n) is 1.43. The van der Waals surface area contributed by atoms with Crippen LogP contribution in [0.2, 0.25) is 0 Å². The third-order valence-corrected chi connectivity index (χ3v) is 2.56. The first-order valence-electron chi connectivity index (χ1n) is 8.43. The first-order chi connectivity index (χ1) is 10.6. The molecule has 2 heterocycles. The minimum Gasteiger partial charge on any atom is -0.261 e. The highest BCUT2D eigenvalue weighted by Gasteiger charge is 1.96. The molecule has 0 fully saturated rings. The Kier molecular flexibility index (Phi) is 16.1. The summed E-state index contributed by atoms with van der Waals surface area (Å²) in [6, 6.07) is 12.0. The molecule has 0 atom stereocenters. The van der Waals surface area contributed by atoms with Crippen LogP contribution in [0.15, 0.2) is 48.8 Å². The van der Waals surface area contributed by atoms with Crippen molar-refractivity contribution in [2.45, 2.75) is 67.2 Å². The minimum absolute atomic E-state index is 0.547. The van der Waals surface area contributed by atoms with Crippen molar-refractivity contribution in [3.63, 3.8) is 0 Å². The molecule has 2 rings (SSSR count). The maximum absolute atomic E-state index is 4.18. The van der Waals surface area contributed by atoms with Gasteiger partial charge in [0.05, 0.1) is 0 Å². The lowest BCUT2D eigenvalue weighted by Gasteiger charge is -2.00. The molecule has 22 heavy (non-hydrogen) atoms. The summed E-state index contributed by atoms with van der Waals surface area (Å²) in [6.45, 7) is 16.6. The largest absolute Gasteiger partial charge is 0.261 e. The molecular formula is C20H34N2. The van der Waals surface area contributed by atoms with Crippen molar-refractivity contribution in [2.24, 2.45) is 0 Å². The van der Waals surface area contributed by atoms with Gasteiger partial charge in [0.25, 0.3) is 0 Å². The molecule has 0 bridgehead atoms. The first-order valence-corrected chi connectivity index (χ1v) is 8.43. The van der Waals surface area contributed by atoms with Crippen molar-refractivity contribution in [3.05, 3.63) is 60.2 Å². The van der Waals surface area contributed by atoms with Crippen molar-refractivity contribution in [3.8, 4) is 0 Å². The van der Waals surface area contributed by atoms with E-state index in [0.29, 0.717) is 11.8 Å². The Morgan fingerprint density at radius 3 is 1.05 bits per heavy atom. The Morgan fingerprint density at radius 1 is 0.591 bits per heavy atom. The molecule has 2 aromatic rings. The van der Waals surface area contributed by atoms with Gasteiger partial charge in [-0.25, -0.2) is 0 Å². The Bertz CT molecular complexity index is 378. The molecule has 0 aliphatic heterocycles. The van der Waals surface area contributed by atoms with E-state index >= 15 is 0 Å². The van der Waals surface area contributed by atoms with E-state index in [4.69, 9.17) is 0 Å². The van der Waals surface area contributed by atoms with Crippen LogP contribution in [0, 0.1) is 0 Å². The highest BCUT2D eigenvalue weighted by Crippen LogP contribution is 2.08. The summed E-state index contributed by atoms with van der Waals surface area (Å²) in [4.78, 5) is 8.36. The number of hydrogen-bond acceptors (Lipinski definition) is 2. The number of nitrogens with zero attached hydrogens (tertiary/aromatic N) is 2. The van der Waals surface area contributed by atoms with Crippen molar-refractivity contribution < 1.29 is 0 Å². The molecular weight excluding hydrogens is 268 g/mol. The van der Waals surface area contributed by atoms with Crippen molar-refractivity contribution >= 4 is 0 Å². The summed E-state index contributed by atoms with van der Waals surface area (Å²) in [6.07, 6.45) is 3.66. The topological polar surface area (TPSA) is 25.8 Å². The van der Waals surface area contributed by atoms with Gasteiger partial charge in [-0.3, -0.25) is 9.97 Å². The van der Waals surface area contributed by atoms with Gasteiger partial charge in [-0.15, -0.1) is 0 Å². The smallest absolute Gasteiger partial charge is 0.0428 e. The van der Waals surface area contributed by atoms with Crippen LogP contribution in [0.1, 0.15) is 78.6 Å². The lowest BCUT2D eigenvalue weighted by atomic mass is 10.1. The summed E-state index contributed by atoms with van der Waals surface area (Å²) >= 11 is 0. The third-order valence-electron chi connectivity index (χ3n) is 2.56. The van der Waals surface area contributed by atoms with Gasteiger partial charge in [0.2, 0.25) is 0 Å². The van der Waals surface area contributed by atoms with E-state index in [-0.39, 0.29) is 0 Å². The SMILES string of the molecule is CC.CC.CC(C)c1ccccn1.CC(C)c1ccccn1. The quantitative estimate of drug-likeness (QED) is 0.636. The van der Waals surface area contributed by atoms with Gasteiger partial charge in [-0.1, -0.05) is 67.5 Å². The maximum atomic E-state index is 4.18. The number of pyridine rings is 2. The molecule has 0 N–H and O–H groups in total. The Hall–Kier alpha value is -1.70. The molecule has 0 aliphatic carbocycles. The molecule has 0 spiro atoms. The Labute approximate surface area is 138 Å². The first kappa shape index (κ1) is 22.6. The van der Waals surface area contributed by atoms with Gasteiger partial charge in [0.15, 0.2) is 0 Å². The monoisotopic (exact) mass is 302 g/mol. The normalized spacial score (nSPS) is 8.82. The second-order valence-electron chi connectivity index (χ2n) is 4.82. The number of aromatic nitrogens is 2. The van der Waals surface area contributed by atoms with Gasteiger partial charge in [0.1, 0.15) is 0 Å². The molecule has 2 aromatic heterocycles. The molecule has 0 saturated heterocycles. The number of hydrogen-bond donors (Lipinski definition) is 0. The minimum atomic E-state index is 0.547. The lowest BCUT2D eigenvalue weighted by molar-refractivity contribution is 0.823. The standard InChI is InChI=1S/2C8H11N.2C2H6/c2*1-7(2)8-5-3-4-6-9-8;2*1-2/h2*3-7H,1-2H3;2*1-2H3. The average Bonchev–Trinajstić information content (AvgIpc) is 2.60. The molecule has 0 aliphatic rings. The lowest BCUT2D eigenvalue weighted by Crippen LogP contribution is -1.88. The van der Waals surface area contributed by atoms with Crippen LogP contribution in [0.4, 0.5) is 0 Å². The highest BCUT2D eigenvalue weighted by atomic mass is 14.7. The zero-order chi connectivity index (χ0) is 17.4. The van der Waals surface area contributed by atoms with E-state index in [1.807, 2.05) is 76.5 Å². The van der Waals surface area contributed by atoms with Gasteiger partial charge in [-0.2, -0.15) is 0 Å². The molecule has 0 unspecified atom stereocenters. The van der Waals surface area contributed by atoms with Crippen LogP contribution >= 0.6 is 0 Å². The number of rotatable bonds is 2. The van der Waals surface area contributed by atoms with E-state index < -0.39 is 0 Å². The van der Waals surface area contributed by atoms with E-state index in [9.17, 15) is 0 Å². The van der Waals surface area contributed by atoms with Gasteiger partial charge < -0.3 is 0 Å². The zero-order valence-electron chi connectivity index (χ0n) is 15.7. The average molecular weight is 303 g/mol. The van der Waals surface area contributed by atoms with Crippen molar-refractivity contribution in [1.29, 1.82) is 0 Å². The van der Waals surface area contributed by atoms with Gasteiger partial charge in [-0.05, 0) is 36.1 Å². The maximum Gasteiger partial charge on any atom is 0.0428 e. The summed E-state index contributed by atoms with van der Waals surface area (Å²) < 4.78 is 0. The summed E-state index contributed by atoms with van der Waals surface area (Å²) in [5.74, 6) is 1.09. The molecule has 0 amide bonds. The molecule has 0 aromatic carbocycles. The fraction of sp³-hybridized carbons (Fsp3) is 0.500. The summed E-state index contributed by atoms with van der Waals surface area (Å²) in [5, 5.41) is 0. The third kappa shape index (κ3) is 11.0. The molecule has 0 saturated carbocycles. The van der Waals surface area contributed by atoms with Gasteiger partial charge in [0, 0.05) is 23.8 Å².